The van der Waals surface area contributed by atoms with Gasteiger partial charge in [0.25, 0.3) is 5.91 Å². The molecule has 26 heavy (non-hydrogen) atoms. The fraction of sp³-hybridized carbons (Fsp3) is 0.350. The van der Waals surface area contributed by atoms with Gasteiger partial charge in [-0.2, -0.15) is 5.10 Å². The number of nitrogens with one attached hydrogen (secondary N) is 1. The molecule has 0 aliphatic heterocycles. The molecule has 1 unspecified atom stereocenters. The predicted molar refractivity (Wildman–Crippen MR) is 107 cm³/mol. The lowest BCUT2D eigenvalue weighted by Gasteiger charge is -2.13. The smallest absolute Gasteiger partial charge is 0.256 e. The summed E-state index contributed by atoms with van der Waals surface area (Å²) in [5.41, 5.74) is 5.40. The molecule has 1 amide bonds. The highest BCUT2D eigenvalue weighted by Crippen LogP contribution is 2.22. The SMILES string of the molecule is CCC(C)NC(=O)c1cnn2c(C)c(Cc3cccc(Br)c3)c(C)nc12. The number of carbonyl (C=O) groups is 1. The van der Waals surface area contributed by atoms with Gasteiger partial charge in [0.15, 0.2) is 5.65 Å². The number of rotatable bonds is 5. The van der Waals surface area contributed by atoms with Crippen molar-refractivity contribution in [1.82, 2.24) is 19.9 Å². The number of halogens is 1. The molecule has 0 saturated heterocycles. The van der Waals surface area contributed by atoms with Crippen molar-refractivity contribution in [2.75, 3.05) is 0 Å². The maximum Gasteiger partial charge on any atom is 0.256 e. The van der Waals surface area contributed by atoms with Gasteiger partial charge in [-0.3, -0.25) is 4.79 Å². The van der Waals surface area contributed by atoms with Crippen molar-refractivity contribution in [2.45, 2.75) is 46.6 Å². The van der Waals surface area contributed by atoms with Crippen LogP contribution in [0.2, 0.25) is 0 Å². The van der Waals surface area contributed by atoms with E-state index in [-0.39, 0.29) is 11.9 Å². The molecule has 136 valence electrons. The minimum Gasteiger partial charge on any atom is -0.349 e. The van der Waals surface area contributed by atoms with Crippen molar-refractivity contribution in [1.29, 1.82) is 0 Å². The number of hydrogen-bond acceptors (Lipinski definition) is 3. The van der Waals surface area contributed by atoms with Gasteiger partial charge in [-0.1, -0.05) is 35.0 Å². The van der Waals surface area contributed by atoms with E-state index in [1.165, 1.54) is 5.56 Å². The van der Waals surface area contributed by atoms with E-state index in [9.17, 15) is 4.79 Å². The number of benzene rings is 1. The number of amides is 1. The van der Waals surface area contributed by atoms with Gasteiger partial charge in [-0.05, 0) is 50.5 Å². The third kappa shape index (κ3) is 3.65. The van der Waals surface area contributed by atoms with Crippen LogP contribution in [0.25, 0.3) is 5.65 Å². The Balaban J connectivity index is 2.00. The normalized spacial score (nSPS) is 12.3. The van der Waals surface area contributed by atoms with Crippen LogP contribution in [0.5, 0.6) is 0 Å². The van der Waals surface area contributed by atoms with Crippen LogP contribution in [0.15, 0.2) is 34.9 Å². The molecule has 6 heteroatoms. The zero-order chi connectivity index (χ0) is 18.8. The molecule has 1 atom stereocenters. The molecule has 3 rings (SSSR count). The lowest BCUT2D eigenvalue weighted by Crippen LogP contribution is -2.31. The molecule has 2 aromatic heterocycles. The fourth-order valence-electron chi connectivity index (χ4n) is 2.98. The number of nitrogens with zero attached hydrogens (tertiary/aromatic N) is 3. The zero-order valence-electron chi connectivity index (χ0n) is 15.5. The van der Waals surface area contributed by atoms with E-state index in [2.05, 4.69) is 38.5 Å². The van der Waals surface area contributed by atoms with Crippen LogP contribution in [-0.4, -0.2) is 26.5 Å². The second-order valence-electron chi connectivity index (χ2n) is 6.64. The van der Waals surface area contributed by atoms with Crippen molar-refractivity contribution < 1.29 is 4.79 Å². The maximum absolute atomic E-state index is 12.5. The lowest BCUT2D eigenvalue weighted by molar-refractivity contribution is 0.0940. The summed E-state index contributed by atoms with van der Waals surface area (Å²) < 4.78 is 2.83. The van der Waals surface area contributed by atoms with Crippen LogP contribution < -0.4 is 5.32 Å². The zero-order valence-corrected chi connectivity index (χ0v) is 17.1. The second-order valence-corrected chi connectivity index (χ2v) is 7.56. The van der Waals surface area contributed by atoms with Crippen molar-refractivity contribution >= 4 is 27.5 Å². The Morgan fingerprint density at radius 2 is 2.12 bits per heavy atom. The first-order valence-corrected chi connectivity index (χ1v) is 9.59. The third-order valence-electron chi connectivity index (χ3n) is 4.71. The van der Waals surface area contributed by atoms with E-state index in [1.807, 2.05) is 39.8 Å². The Labute approximate surface area is 162 Å². The standard InChI is InChI=1S/C20H23BrN4O/c1-5-12(2)23-20(26)18-11-22-25-14(4)17(13(3)24-19(18)25)10-15-7-6-8-16(21)9-15/h6-9,11-12H,5,10H2,1-4H3,(H,23,26). The first-order chi connectivity index (χ1) is 12.4. The Kier molecular flexibility index (Phi) is 5.41. The van der Waals surface area contributed by atoms with Crippen LogP contribution in [0.3, 0.4) is 0 Å². The second kappa shape index (κ2) is 7.58. The number of carbonyl (C=O) groups excluding carboxylic acids is 1. The third-order valence-corrected chi connectivity index (χ3v) is 5.21. The largest absolute Gasteiger partial charge is 0.349 e. The number of hydrogen-bond donors (Lipinski definition) is 1. The van der Waals surface area contributed by atoms with Gasteiger partial charge in [0, 0.05) is 28.3 Å². The van der Waals surface area contributed by atoms with Crippen LogP contribution in [-0.2, 0) is 6.42 Å². The van der Waals surface area contributed by atoms with Gasteiger partial charge in [0.1, 0.15) is 5.56 Å². The van der Waals surface area contributed by atoms with Crippen molar-refractivity contribution in [3.05, 3.63) is 63.0 Å². The predicted octanol–water partition coefficient (Wildman–Crippen LogP) is 4.23. The van der Waals surface area contributed by atoms with Gasteiger partial charge in [0.05, 0.1) is 6.20 Å². The minimum absolute atomic E-state index is 0.121. The van der Waals surface area contributed by atoms with Crippen LogP contribution in [0.1, 0.15) is 53.1 Å². The molecule has 3 aromatic rings. The summed E-state index contributed by atoms with van der Waals surface area (Å²) in [6, 6.07) is 8.37. The first-order valence-electron chi connectivity index (χ1n) is 8.79. The molecule has 0 aliphatic carbocycles. The summed E-state index contributed by atoms with van der Waals surface area (Å²) in [5, 5.41) is 7.40. The molecule has 1 N–H and O–H groups in total. The molecular formula is C20H23BrN4O. The highest BCUT2D eigenvalue weighted by Gasteiger charge is 2.19. The average Bonchev–Trinajstić information content (AvgIpc) is 3.02. The molecule has 0 saturated carbocycles. The van der Waals surface area contributed by atoms with E-state index >= 15 is 0 Å². The molecule has 0 bridgehead atoms. The van der Waals surface area contributed by atoms with Gasteiger partial charge in [-0.25, -0.2) is 9.50 Å². The Morgan fingerprint density at radius 3 is 2.81 bits per heavy atom. The molecule has 5 nitrogen and oxygen atoms in total. The lowest BCUT2D eigenvalue weighted by atomic mass is 10.0. The molecule has 0 spiro atoms. The summed E-state index contributed by atoms with van der Waals surface area (Å²) in [6.07, 6.45) is 3.26. The summed E-state index contributed by atoms with van der Waals surface area (Å²) in [4.78, 5) is 17.2. The quantitative estimate of drug-likeness (QED) is 0.679. The van der Waals surface area contributed by atoms with Crippen molar-refractivity contribution in [3.8, 4) is 0 Å². The first kappa shape index (κ1) is 18.6. The summed E-state index contributed by atoms with van der Waals surface area (Å²) in [6.45, 7) is 8.05. The van der Waals surface area contributed by atoms with Crippen LogP contribution in [0, 0.1) is 13.8 Å². The maximum atomic E-state index is 12.5. The molecule has 0 fully saturated rings. The van der Waals surface area contributed by atoms with E-state index < -0.39 is 0 Å². The average molecular weight is 415 g/mol. The molecule has 2 heterocycles. The van der Waals surface area contributed by atoms with Gasteiger partial charge in [0.2, 0.25) is 0 Å². The van der Waals surface area contributed by atoms with E-state index in [4.69, 9.17) is 4.98 Å². The molecule has 0 radical (unpaired) electrons. The van der Waals surface area contributed by atoms with E-state index in [0.717, 1.165) is 34.3 Å². The highest BCUT2D eigenvalue weighted by molar-refractivity contribution is 9.10. The van der Waals surface area contributed by atoms with Gasteiger partial charge in [-0.15, -0.1) is 0 Å². The Bertz CT molecular complexity index is 964. The number of fused-ring (bicyclic) bond motifs is 1. The fourth-order valence-corrected chi connectivity index (χ4v) is 3.43. The van der Waals surface area contributed by atoms with Crippen molar-refractivity contribution in [2.24, 2.45) is 0 Å². The van der Waals surface area contributed by atoms with Crippen LogP contribution in [0.4, 0.5) is 0 Å². The van der Waals surface area contributed by atoms with Crippen LogP contribution >= 0.6 is 15.9 Å². The monoisotopic (exact) mass is 414 g/mol. The molecule has 1 aromatic carbocycles. The molecular weight excluding hydrogens is 392 g/mol. The van der Waals surface area contributed by atoms with Gasteiger partial charge < -0.3 is 5.32 Å². The minimum atomic E-state index is -0.125. The summed E-state index contributed by atoms with van der Waals surface area (Å²) in [5.74, 6) is -0.125. The number of aryl methyl sites for hydroxylation is 2. The highest BCUT2D eigenvalue weighted by atomic mass is 79.9. The summed E-state index contributed by atoms with van der Waals surface area (Å²) >= 11 is 3.52. The van der Waals surface area contributed by atoms with E-state index in [0.29, 0.717) is 11.2 Å². The van der Waals surface area contributed by atoms with E-state index in [1.54, 1.807) is 10.7 Å². The Morgan fingerprint density at radius 1 is 1.35 bits per heavy atom. The molecule has 0 aliphatic rings. The van der Waals surface area contributed by atoms with Gasteiger partial charge >= 0.3 is 0 Å². The Hall–Kier alpha value is -2.21. The van der Waals surface area contributed by atoms with Crippen molar-refractivity contribution in [3.63, 3.8) is 0 Å². The topological polar surface area (TPSA) is 59.3 Å². The summed E-state index contributed by atoms with van der Waals surface area (Å²) in [7, 11) is 0. The number of aromatic nitrogens is 3.